The molecule has 6 heteroatoms. The summed E-state index contributed by atoms with van der Waals surface area (Å²) in [6.45, 7) is 0.262. The molecule has 0 N–H and O–H groups in total. The summed E-state index contributed by atoms with van der Waals surface area (Å²) in [7, 11) is 0. The molecule has 2 atom stereocenters. The van der Waals surface area contributed by atoms with Gasteiger partial charge in [-0.25, -0.2) is 0 Å². The number of ether oxygens (including phenoxy) is 4. The first-order chi connectivity index (χ1) is 7.62. The van der Waals surface area contributed by atoms with Gasteiger partial charge in [0.05, 0.1) is 12.8 Å². The maximum absolute atomic E-state index is 11.0. The van der Waals surface area contributed by atoms with Gasteiger partial charge in [-0.05, 0) is 0 Å². The van der Waals surface area contributed by atoms with Crippen LogP contribution >= 0.6 is 0 Å². The van der Waals surface area contributed by atoms with Gasteiger partial charge in [0.15, 0.2) is 0 Å². The Hall–Kier alpha value is -1.14. The van der Waals surface area contributed by atoms with E-state index in [-0.39, 0.29) is 25.2 Å². The van der Waals surface area contributed by atoms with Crippen LogP contribution < -0.4 is 0 Å². The number of carbonyl (C=O) groups is 2. The fourth-order valence-corrected chi connectivity index (χ4v) is 2.18. The number of carbonyl (C=O) groups excluding carboxylic acids is 2. The van der Waals surface area contributed by atoms with Crippen LogP contribution in [0.4, 0.5) is 0 Å². The van der Waals surface area contributed by atoms with Crippen LogP contribution in [0.3, 0.4) is 0 Å². The molecule has 3 rings (SSSR count). The average molecular weight is 228 g/mol. The van der Waals surface area contributed by atoms with Gasteiger partial charge >= 0.3 is 11.9 Å². The van der Waals surface area contributed by atoms with Crippen LogP contribution in [-0.4, -0.2) is 36.7 Å². The van der Waals surface area contributed by atoms with E-state index >= 15 is 0 Å². The van der Waals surface area contributed by atoms with Crippen molar-refractivity contribution in [2.24, 2.45) is 0 Å². The van der Waals surface area contributed by atoms with Gasteiger partial charge in [0, 0.05) is 12.8 Å². The van der Waals surface area contributed by atoms with Gasteiger partial charge in [0.25, 0.3) is 0 Å². The topological polar surface area (TPSA) is 71.1 Å². The zero-order chi connectivity index (χ0) is 11.2. The first kappa shape index (κ1) is 10.0. The molecule has 3 aliphatic rings. The van der Waals surface area contributed by atoms with Gasteiger partial charge in [-0.15, -0.1) is 0 Å². The molecule has 0 amide bonds. The second-order valence-electron chi connectivity index (χ2n) is 4.35. The Morgan fingerprint density at radius 3 is 1.50 bits per heavy atom. The lowest BCUT2D eigenvalue weighted by Gasteiger charge is -2.40. The molecule has 0 bridgehead atoms. The van der Waals surface area contributed by atoms with Crippen LogP contribution in [-0.2, 0) is 28.5 Å². The zero-order valence-electron chi connectivity index (χ0n) is 8.69. The van der Waals surface area contributed by atoms with E-state index in [4.69, 9.17) is 18.9 Å². The van der Waals surface area contributed by atoms with Gasteiger partial charge in [0.2, 0.25) is 11.6 Å². The number of esters is 2. The molecule has 0 radical (unpaired) electrons. The first-order valence-corrected chi connectivity index (χ1v) is 5.33. The summed E-state index contributed by atoms with van der Waals surface area (Å²) in [6, 6.07) is 0. The smallest absolute Gasteiger partial charge is 0.308 e. The molecule has 3 heterocycles. The highest BCUT2D eigenvalue weighted by Crippen LogP contribution is 2.39. The summed E-state index contributed by atoms with van der Waals surface area (Å²) in [5.41, 5.74) is 0. The minimum atomic E-state index is -0.947. The lowest BCUT2D eigenvalue weighted by molar-refractivity contribution is -0.354. The molecule has 3 aliphatic heterocycles. The molecule has 6 nitrogen and oxygen atoms in total. The van der Waals surface area contributed by atoms with Crippen molar-refractivity contribution in [1.82, 2.24) is 0 Å². The molecule has 88 valence electrons. The fraction of sp³-hybridized carbons (Fsp3) is 0.800. The lowest BCUT2D eigenvalue weighted by atomic mass is 10.1. The van der Waals surface area contributed by atoms with E-state index in [0.29, 0.717) is 25.7 Å². The highest BCUT2D eigenvalue weighted by atomic mass is 16.8. The largest absolute Gasteiger partial charge is 0.430 e. The maximum Gasteiger partial charge on any atom is 0.308 e. The zero-order valence-corrected chi connectivity index (χ0v) is 8.69. The first-order valence-electron chi connectivity index (χ1n) is 5.33. The molecule has 3 fully saturated rings. The summed E-state index contributed by atoms with van der Waals surface area (Å²) in [6.07, 6.45) is 1.68. The lowest BCUT2D eigenvalue weighted by Crippen LogP contribution is -2.53. The Labute approximate surface area is 91.8 Å². The predicted octanol–water partition coefficient (Wildman–Crippen LogP) is 0.0998. The standard InChI is InChI=1S/C10H12O6/c11-7-1-3-9(15-7)5-14-10(6-13-9)4-2-8(12)16-10/h1-6H2/t9-,10-/m1/s1. The Morgan fingerprint density at radius 2 is 1.25 bits per heavy atom. The molecule has 3 saturated heterocycles. The Bertz CT molecular complexity index is 307. The van der Waals surface area contributed by atoms with Crippen molar-refractivity contribution in [3.63, 3.8) is 0 Å². The molecule has 0 saturated carbocycles. The monoisotopic (exact) mass is 228 g/mol. The van der Waals surface area contributed by atoms with E-state index in [9.17, 15) is 9.59 Å². The van der Waals surface area contributed by atoms with Gasteiger partial charge in [-0.1, -0.05) is 0 Å². The highest BCUT2D eigenvalue weighted by molar-refractivity contribution is 5.72. The van der Waals surface area contributed by atoms with E-state index in [1.807, 2.05) is 0 Å². The molecule has 0 aromatic heterocycles. The SMILES string of the molecule is O=C1CC[C@]2(CO[C@@]3(CCC(=O)O3)CO2)O1. The van der Waals surface area contributed by atoms with Crippen LogP contribution in [0.5, 0.6) is 0 Å². The second kappa shape index (κ2) is 3.18. The molecule has 2 spiro atoms. The van der Waals surface area contributed by atoms with Crippen LogP contribution in [0.1, 0.15) is 25.7 Å². The van der Waals surface area contributed by atoms with Gasteiger partial charge < -0.3 is 18.9 Å². The molecular formula is C10H12O6. The molecule has 0 aromatic carbocycles. The average Bonchev–Trinajstić information content (AvgIpc) is 2.79. The van der Waals surface area contributed by atoms with Crippen LogP contribution in [0.15, 0.2) is 0 Å². The van der Waals surface area contributed by atoms with E-state index in [2.05, 4.69) is 0 Å². The summed E-state index contributed by atoms with van der Waals surface area (Å²) < 4.78 is 21.3. The summed E-state index contributed by atoms with van der Waals surface area (Å²) in [5, 5.41) is 0. The van der Waals surface area contributed by atoms with Gasteiger partial charge in [0.1, 0.15) is 13.2 Å². The van der Waals surface area contributed by atoms with Crippen LogP contribution in [0.25, 0.3) is 0 Å². The molecule has 16 heavy (non-hydrogen) atoms. The van der Waals surface area contributed by atoms with E-state index in [0.717, 1.165) is 0 Å². The fourth-order valence-electron chi connectivity index (χ4n) is 2.18. The van der Waals surface area contributed by atoms with Crippen LogP contribution in [0.2, 0.25) is 0 Å². The predicted molar refractivity (Wildman–Crippen MR) is 48.0 cm³/mol. The van der Waals surface area contributed by atoms with Crippen molar-refractivity contribution < 1.29 is 28.5 Å². The molecule has 0 aromatic rings. The normalized spacial score (nSPS) is 42.8. The third-order valence-corrected chi connectivity index (χ3v) is 3.13. The van der Waals surface area contributed by atoms with Gasteiger partial charge in [-0.3, -0.25) is 9.59 Å². The Morgan fingerprint density at radius 1 is 0.812 bits per heavy atom. The number of hydrogen-bond donors (Lipinski definition) is 0. The van der Waals surface area contributed by atoms with Crippen molar-refractivity contribution in [3.8, 4) is 0 Å². The highest BCUT2D eigenvalue weighted by Gasteiger charge is 2.53. The third kappa shape index (κ3) is 1.49. The molecular weight excluding hydrogens is 216 g/mol. The van der Waals surface area contributed by atoms with E-state index < -0.39 is 11.6 Å². The number of rotatable bonds is 0. The van der Waals surface area contributed by atoms with E-state index in [1.54, 1.807) is 0 Å². The second-order valence-corrected chi connectivity index (χ2v) is 4.35. The Kier molecular flexibility index (Phi) is 1.99. The van der Waals surface area contributed by atoms with Crippen molar-refractivity contribution in [3.05, 3.63) is 0 Å². The molecule has 0 unspecified atom stereocenters. The van der Waals surface area contributed by atoms with E-state index in [1.165, 1.54) is 0 Å². The number of hydrogen-bond acceptors (Lipinski definition) is 6. The van der Waals surface area contributed by atoms with Gasteiger partial charge in [-0.2, -0.15) is 0 Å². The molecule has 0 aliphatic carbocycles. The summed E-state index contributed by atoms with van der Waals surface area (Å²) in [4.78, 5) is 22.1. The maximum atomic E-state index is 11.0. The van der Waals surface area contributed by atoms with Crippen molar-refractivity contribution >= 4 is 11.9 Å². The minimum Gasteiger partial charge on any atom is -0.430 e. The Balaban J connectivity index is 1.68. The van der Waals surface area contributed by atoms with Crippen molar-refractivity contribution in [2.45, 2.75) is 37.3 Å². The van der Waals surface area contributed by atoms with Crippen molar-refractivity contribution in [1.29, 1.82) is 0 Å². The minimum absolute atomic E-state index is 0.131. The van der Waals surface area contributed by atoms with Crippen LogP contribution in [0, 0.1) is 0 Å². The summed E-state index contributed by atoms with van der Waals surface area (Å²) in [5.74, 6) is -2.44. The van der Waals surface area contributed by atoms with Crippen molar-refractivity contribution in [2.75, 3.05) is 13.2 Å². The quantitative estimate of drug-likeness (QED) is 0.547. The summed E-state index contributed by atoms with van der Waals surface area (Å²) >= 11 is 0. The third-order valence-electron chi connectivity index (χ3n) is 3.13.